The van der Waals surface area contributed by atoms with Crippen molar-refractivity contribution in [3.63, 3.8) is 0 Å². The van der Waals surface area contributed by atoms with Crippen LogP contribution in [0.4, 0.5) is 0 Å². The van der Waals surface area contributed by atoms with Gasteiger partial charge in [0, 0.05) is 35.6 Å². The Hall–Kier alpha value is -1.36. The molecule has 1 fully saturated rings. The zero-order chi connectivity index (χ0) is 15.9. The van der Waals surface area contributed by atoms with Crippen LogP contribution in [-0.2, 0) is 4.79 Å². The number of likely N-dealkylation sites (tertiary alicyclic amines) is 1. The Morgan fingerprint density at radius 1 is 1.23 bits per heavy atom. The Morgan fingerprint density at radius 2 is 1.86 bits per heavy atom. The maximum Gasteiger partial charge on any atom is 0.253 e. The summed E-state index contributed by atoms with van der Waals surface area (Å²) >= 11 is 3.37. The third-order valence-corrected chi connectivity index (χ3v) is 4.52. The van der Waals surface area contributed by atoms with Gasteiger partial charge in [-0.25, -0.2) is 0 Å². The monoisotopic (exact) mass is 366 g/mol. The number of unbranched alkanes of at least 4 members (excludes halogenated alkanes) is 1. The molecule has 0 bridgehead atoms. The van der Waals surface area contributed by atoms with E-state index in [-0.39, 0.29) is 17.9 Å². The second kappa shape index (κ2) is 8.32. The molecule has 2 amide bonds. The van der Waals surface area contributed by atoms with Gasteiger partial charge in [-0.1, -0.05) is 29.3 Å². The molecule has 1 aliphatic rings. The fraction of sp³-hybridized carbons (Fsp3) is 0.529. The van der Waals surface area contributed by atoms with Gasteiger partial charge in [0.05, 0.1) is 0 Å². The number of hydrogen-bond acceptors (Lipinski definition) is 2. The van der Waals surface area contributed by atoms with E-state index < -0.39 is 0 Å². The summed E-state index contributed by atoms with van der Waals surface area (Å²) in [5, 5.41) is 3.08. The van der Waals surface area contributed by atoms with Crippen LogP contribution in [-0.4, -0.2) is 35.8 Å². The smallest absolute Gasteiger partial charge is 0.253 e. The van der Waals surface area contributed by atoms with E-state index in [0.717, 1.165) is 30.2 Å². The molecule has 2 rings (SSSR count). The summed E-state index contributed by atoms with van der Waals surface area (Å²) in [6.45, 7) is 3.49. The van der Waals surface area contributed by atoms with Gasteiger partial charge in [-0.15, -0.1) is 0 Å². The number of hydrogen-bond donors (Lipinski definition) is 1. The van der Waals surface area contributed by atoms with Gasteiger partial charge in [0.15, 0.2) is 0 Å². The van der Waals surface area contributed by atoms with Gasteiger partial charge in [-0.3, -0.25) is 9.59 Å². The molecule has 0 aliphatic carbocycles. The zero-order valence-corrected chi connectivity index (χ0v) is 14.6. The van der Waals surface area contributed by atoms with Crippen molar-refractivity contribution >= 4 is 27.7 Å². The highest BCUT2D eigenvalue weighted by atomic mass is 79.9. The number of carbonyl (C=O) groups is 2. The van der Waals surface area contributed by atoms with Crippen LogP contribution in [0.15, 0.2) is 28.7 Å². The van der Waals surface area contributed by atoms with Crippen LogP contribution >= 0.6 is 15.9 Å². The normalized spacial score (nSPS) is 15.6. The van der Waals surface area contributed by atoms with E-state index in [0.29, 0.717) is 25.1 Å². The highest BCUT2D eigenvalue weighted by Crippen LogP contribution is 2.16. The number of benzene rings is 1. The van der Waals surface area contributed by atoms with E-state index in [1.807, 2.05) is 29.2 Å². The van der Waals surface area contributed by atoms with Crippen molar-refractivity contribution in [3.8, 4) is 0 Å². The highest BCUT2D eigenvalue weighted by Gasteiger charge is 2.24. The number of rotatable bonds is 5. The van der Waals surface area contributed by atoms with Crippen molar-refractivity contribution < 1.29 is 9.59 Å². The van der Waals surface area contributed by atoms with Crippen LogP contribution in [0.2, 0.25) is 0 Å². The number of nitrogens with one attached hydrogen (secondary N) is 1. The van der Waals surface area contributed by atoms with E-state index in [4.69, 9.17) is 0 Å². The number of piperidine rings is 1. The number of carbonyl (C=O) groups excluding carboxylic acids is 2. The van der Waals surface area contributed by atoms with Gasteiger partial charge in [-0.2, -0.15) is 0 Å². The van der Waals surface area contributed by atoms with Crippen molar-refractivity contribution in [2.75, 3.05) is 13.1 Å². The van der Waals surface area contributed by atoms with Crippen LogP contribution in [0.3, 0.4) is 0 Å². The van der Waals surface area contributed by atoms with Crippen molar-refractivity contribution in [1.29, 1.82) is 0 Å². The lowest BCUT2D eigenvalue weighted by Crippen LogP contribution is -2.46. The summed E-state index contributed by atoms with van der Waals surface area (Å²) in [7, 11) is 0. The van der Waals surface area contributed by atoms with Gasteiger partial charge in [0.2, 0.25) is 5.91 Å². The predicted molar refractivity (Wildman–Crippen MR) is 90.7 cm³/mol. The standard InChI is InChI=1S/C17H23BrN2O2/c1-2-3-4-16(21)19-15-9-11-20(12-10-15)17(22)13-5-7-14(18)8-6-13/h5-8,15H,2-4,9-12H2,1H3,(H,19,21). The largest absolute Gasteiger partial charge is 0.353 e. The third kappa shape index (κ3) is 4.83. The summed E-state index contributed by atoms with van der Waals surface area (Å²) in [5.74, 6) is 0.211. The van der Waals surface area contributed by atoms with E-state index in [9.17, 15) is 9.59 Å². The molecule has 0 unspecified atom stereocenters. The molecule has 1 aliphatic heterocycles. The molecule has 0 saturated carbocycles. The Bertz CT molecular complexity index is 508. The molecular formula is C17H23BrN2O2. The summed E-state index contributed by atoms with van der Waals surface area (Å²) in [6.07, 6.45) is 4.25. The maximum atomic E-state index is 12.4. The minimum absolute atomic E-state index is 0.0725. The van der Waals surface area contributed by atoms with Gasteiger partial charge in [0.1, 0.15) is 0 Å². The molecule has 0 spiro atoms. The molecule has 120 valence electrons. The van der Waals surface area contributed by atoms with Crippen LogP contribution in [0.5, 0.6) is 0 Å². The first-order valence-electron chi connectivity index (χ1n) is 7.94. The molecule has 1 aromatic carbocycles. The van der Waals surface area contributed by atoms with Gasteiger partial charge in [-0.05, 0) is 43.5 Å². The van der Waals surface area contributed by atoms with Crippen molar-refractivity contribution in [2.45, 2.75) is 45.1 Å². The maximum absolute atomic E-state index is 12.4. The lowest BCUT2D eigenvalue weighted by atomic mass is 10.0. The second-order valence-corrected chi connectivity index (χ2v) is 6.66. The van der Waals surface area contributed by atoms with E-state index in [1.165, 1.54) is 0 Å². The molecule has 0 atom stereocenters. The molecule has 0 aromatic heterocycles. The van der Waals surface area contributed by atoms with Crippen molar-refractivity contribution in [2.24, 2.45) is 0 Å². The minimum Gasteiger partial charge on any atom is -0.353 e. The van der Waals surface area contributed by atoms with E-state index >= 15 is 0 Å². The quantitative estimate of drug-likeness (QED) is 0.868. The van der Waals surface area contributed by atoms with E-state index in [1.54, 1.807) is 0 Å². The Labute approximate surface area is 140 Å². The fourth-order valence-corrected chi connectivity index (χ4v) is 2.90. The van der Waals surface area contributed by atoms with Crippen molar-refractivity contribution in [1.82, 2.24) is 10.2 Å². The zero-order valence-electron chi connectivity index (χ0n) is 13.0. The predicted octanol–water partition coefficient (Wildman–Crippen LogP) is 3.36. The van der Waals surface area contributed by atoms with E-state index in [2.05, 4.69) is 28.2 Å². The lowest BCUT2D eigenvalue weighted by molar-refractivity contribution is -0.122. The average Bonchev–Trinajstić information content (AvgIpc) is 2.54. The van der Waals surface area contributed by atoms with Crippen LogP contribution < -0.4 is 5.32 Å². The molecule has 1 N–H and O–H groups in total. The lowest BCUT2D eigenvalue weighted by Gasteiger charge is -2.32. The number of nitrogens with zero attached hydrogens (tertiary/aromatic N) is 1. The van der Waals surface area contributed by atoms with Crippen LogP contribution in [0.25, 0.3) is 0 Å². The highest BCUT2D eigenvalue weighted by molar-refractivity contribution is 9.10. The van der Waals surface area contributed by atoms with Gasteiger partial charge in [0.25, 0.3) is 5.91 Å². The summed E-state index contributed by atoms with van der Waals surface area (Å²) in [6, 6.07) is 7.65. The third-order valence-electron chi connectivity index (χ3n) is 4.00. The molecule has 1 heterocycles. The Kier molecular flexibility index (Phi) is 6.43. The number of amides is 2. The summed E-state index contributed by atoms with van der Waals surface area (Å²) in [4.78, 5) is 26.0. The number of halogens is 1. The summed E-state index contributed by atoms with van der Waals surface area (Å²) < 4.78 is 0.970. The minimum atomic E-state index is 0.0725. The first kappa shape index (κ1) is 17.0. The molecule has 0 radical (unpaired) electrons. The Balaban J connectivity index is 1.80. The molecule has 5 heteroatoms. The average molecular weight is 367 g/mol. The molecule has 1 saturated heterocycles. The van der Waals surface area contributed by atoms with Gasteiger partial charge >= 0.3 is 0 Å². The molecular weight excluding hydrogens is 344 g/mol. The fourth-order valence-electron chi connectivity index (χ4n) is 2.64. The second-order valence-electron chi connectivity index (χ2n) is 5.74. The van der Waals surface area contributed by atoms with Crippen LogP contribution in [0, 0.1) is 0 Å². The van der Waals surface area contributed by atoms with Gasteiger partial charge < -0.3 is 10.2 Å². The topological polar surface area (TPSA) is 49.4 Å². The SMILES string of the molecule is CCCCC(=O)NC1CCN(C(=O)c2ccc(Br)cc2)CC1. The molecule has 4 nitrogen and oxygen atoms in total. The first-order chi connectivity index (χ1) is 10.6. The van der Waals surface area contributed by atoms with Crippen LogP contribution in [0.1, 0.15) is 49.4 Å². The molecule has 22 heavy (non-hydrogen) atoms. The Morgan fingerprint density at radius 3 is 2.45 bits per heavy atom. The summed E-state index contributed by atoms with van der Waals surface area (Å²) in [5.41, 5.74) is 0.716. The van der Waals surface area contributed by atoms with Crippen molar-refractivity contribution in [3.05, 3.63) is 34.3 Å². The molecule has 1 aromatic rings. The first-order valence-corrected chi connectivity index (χ1v) is 8.73.